The monoisotopic (exact) mass is 288 g/mol. The number of aryl methyl sites for hydroxylation is 1. The predicted octanol–water partition coefficient (Wildman–Crippen LogP) is 3.82. The molecule has 3 nitrogen and oxygen atoms in total. The van der Waals surface area contributed by atoms with E-state index in [9.17, 15) is 9.50 Å². The van der Waals surface area contributed by atoms with Crippen LogP contribution in [0.1, 0.15) is 31.5 Å². The lowest BCUT2D eigenvalue weighted by molar-refractivity contribution is 0.281. The van der Waals surface area contributed by atoms with Gasteiger partial charge in [-0.15, -0.1) is 0 Å². The maximum Gasteiger partial charge on any atom is 0.133 e. The molecule has 0 aliphatic carbocycles. The first-order valence-electron chi connectivity index (χ1n) is 7.31. The number of nitrogens with zero attached hydrogens (tertiary/aromatic N) is 2. The fourth-order valence-electron chi connectivity index (χ4n) is 2.37. The first-order chi connectivity index (χ1) is 10.2. The lowest BCUT2D eigenvalue weighted by Crippen LogP contribution is -2.18. The van der Waals surface area contributed by atoms with Crippen molar-refractivity contribution in [3.8, 4) is 0 Å². The van der Waals surface area contributed by atoms with E-state index in [-0.39, 0.29) is 12.4 Å². The molecule has 0 aliphatic heterocycles. The van der Waals surface area contributed by atoms with Gasteiger partial charge in [0.25, 0.3) is 0 Å². The zero-order chi connectivity index (χ0) is 15.2. The molecule has 0 spiro atoms. The molecule has 0 saturated heterocycles. The van der Waals surface area contributed by atoms with Gasteiger partial charge in [-0.2, -0.15) is 0 Å². The summed E-state index contributed by atoms with van der Waals surface area (Å²) in [6.45, 7) is 4.75. The van der Waals surface area contributed by atoms with Crippen LogP contribution in [0.3, 0.4) is 0 Å². The minimum atomic E-state index is -0.266. The molecule has 1 N–H and O–H groups in total. The second kappa shape index (κ2) is 7.18. The lowest BCUT2D eigenvalue weighted by Gasteiger charge is -2.23. The summed E-state index contributed by atoms with van der Waals surface area (Å²) in [7, 11) is 0. The van der Waals surface area contributed by atoms with Crippen LogP contribution >= 0.6 is 0 Å². The molecule has 1 aromatic heterocycles. The minimum Gasteiger partial charge on any atom is -0.392 e. The molecule has 2 rings (SSSR count). The molecule has 0 atom stereocenters. The van der Waals surface area contributed by atoms with Gasteiger partial charge in [-0.1, -0.05) is 19.4 Å². The second-order valence-electron chi connectivity index (χ2n) is 4.96. The zero-order valence-electron chi connectivity index (χ0n) is 12.5. The second-order valence-corrected chi connectivity index (χ2v) is 4.96. The molecule has 0 aliphatic rings. The van der Waals surface area contributed by atoms with Gasteiger partial charge in [-0.25, -0.2) is 9.37 Å². The number of aliphatic hydroxyl groups is 1. The third kappa shape index (κ3) is 3.79. The van der Waals surface area contributed by atoms with Gasteiger partial charge in [0.1, 0.15) is 11.6 Å². The third-order valence-corrected chi connectivity index (χ3v) is 3.33. The highest BCUT2D eigenvalue weighted by Crippen LogP contribution is 2.25. The first-order valence-corrected chi connectivity index (χ1v) is 7.31. The number of aromatic nitrogens is 1. The summed E-state index contributed by atoms with van der Waals surface area (Å²) in [5, 5.41) is 9.42. The summed E-state index contributed by atoms with van der Waals surface area (Å²) in [4.78, 5) is 6.59. The number of benzene rings is 1. The molecule has 1 aromatic carbocycles. The molecule has 21 heavy (non-hydrogen) atoms. The molecular formula is C17H21FN2O. The fourth-order valence-corrected chi connectivity index (χ4v) is 2.37. The molecule has 0 bridgehead atoms. The van der Waals surface area contributed by atoms with Crippen molar-refractivity contribution in [3.05, 3.63) is 53.5 Å². The maximum atomic E-state index is 13.4. The number of hydrogen-bond acceptors (Lipinski definition) is 3. The van der Waals surface area contributed by atoms with Gasteiger partial charge in [0.05, 0.1) is 6.61 Å². The van der Waals surface area contributed by atoms with Crippen LogP contribution in [0.25, 0.3) is 0 Å². The van der Waals surface area contributed by atoms with E-state index in [0.717, 1.165) is 35.6 Å². The van der Waals surface area contributed by atoms with Gasteiger partial charge in [0.2, 0.25) is 0 Å². The van der Waals surface area contributed by atoms with Crippen LogP contribution in [0, 0.1) is 5.82 Å². The molecule has 0 amide bonds. The molecule has 0 saturated carbocycles. The molecule has 0 fully saturated rings. The Morgan fingerprint density at radius 1 is 1.19 bits per heavy atom. The van der Waals surface area contributed by atoms with E-state index >= 15 is 0 Å². The van der Waals surface area contributed by atoms with Gasteiger partial charge in [-0.3, -0.25) is 0 Å². The van der Waals surface area contributed by atoms with E-state index < -0.39 is 0 Å². The van der Waals surface area contributed by atoms with E-state index in [1.807, 2.05) is 30.0 Å². The van der Waals surface area contributed by atoms with Gasteiger partial charge in [-0.05, 0) is 49.2 Å². The van der Waals surface area contributed by atoms with Crippen molar-refractivity contribution in [2.24, 2.45) is 0 Å². The largest absolute Gasteiger partial charge is 0.392 e. The standard InChI is InChI=1S/C17H21FN2O/c1-3-6-15-9-13(12-21)10-17(19-15)20(4-2)16-8-5-7-14(18)11-16/h5,7-11,21H,3-4,6,12H2,1-2H3. The van der Waals surface area contributed by atoms with Gasteiger partial charge >= 0.3 is 0 Å². The van der Waals surface area contributed by atoms with Crippen LogP contribution in [0.5, 0.6) is 0 Å². The number of halogens is 1. The van der Waals surface area contributed by atoms with Crippen molar-refractivity contribution in [3.63, 3.8) is 0 Å². The average Bonchev–Trinajstić information content (AvgIpc) is 2.48. The van der Waals surface area contributed by atoms with Crippen molar-refractivity contribution >= 4 is 11.5 Å². The normalized spacial score (nSPS) is 10.7. The number of anilines is 2. The van der Waals surface area contributed by atoms with Crippen LogP contribution < -0.4 is 4.90 Å². The number of aliphatic hydroxyl groups excluding tert-OH is 1. The highest BCUT2D eigenvalue weighted by atomic mass is 19.1. The Morgan fingerprint density at radius 2 is 2.00 bits per heavy atom. The lowest BCUT2D eigenvalue weighted by atomic mass is 10.1. The average molecular weight is 288 g/mol. The minimum absolute atomic E-state index is 0.0209. The Morgan fingerprint density at radius 3 is 2.62 bits per heavy atom. The zero-order valence-corrected chi connectivity index (χ0v) is 12.5. The first kappa shape index (κ1) is 15.4. The van der Waals surface area contributed by atoms with Crippen LogP contribution in [0.4, 0.5) is 15.9 Å². The smallest absolute Gasteiger partial charge is 0.133 e. The summed E-state index contributed by atoms with van der Waals surface area (Å²) in [5.74, 6) is 0.483. The summed E-state index contributed by atoms with van der Waals surface area (Å²) >= 11 is 0. The van der Waals surface area contributed by atoms with Gasteiger partial charge < -0.3 is 10.0 Å². The van der Waals surface area contributed by atoms with E-state index in [0.29, 0.717) is 6.54 Å². The van der Waals surface area contributed by atoms with Crippen molar-refractivity contribution < 1.29 is 9.50 Å². The highest BCUT2D eigenvalue weighted by Gasteiger charge is 2.11. The maximum absolute atomic E-state index is 13.4. The Hall–Kier alpha value is -1.94. The molecule has 1 heterocycles. The molecular weight excluding hydrogens is 267 g/mol. The Kier molecular flexibility index (Phi) is 5.28. The molecule has 2 aromatic rings. The van der Waals surface area contributed by atoms with Crippen LogP contribution in [0.15, 0.2) is 36.4 Å². The predicted molar refractivity (Wildman–Crippen MR) is 83.2 cm³/mol. The van der Waals surface area contributed by atoms with E-state index in [1.54, 1.807) is 6.07 Å². The summed E-state index contributed by atoms with van der Waals surface area (Å²) in [5.41, 5.74) is 2.55. The van der Waals surface area contributed by atoms with Crippen LogP contribution in [-0.4, -0.2) is 16.6 Å². The Balaban J connectivity index is 2.43. The quantitative estimate of drug-likeness (QED) is 0.877. The molecule has 0 radical (unpaired) electrons. The SMILES string of the molecule is CCCc1cc(CO)cc(N(CC)c2cccc(F)c2)n1. The Labute approximate surface area is 125 Å². The number of rotatable bonds is 6. The summed E-state index contributed by atoms with van der Waals surface area (Å²) in [6, 6.07) is 10.3. The molecule has 0 unspecified atom stereocenters. The van der Waals surface area contributed by atoms with Crippen molar-refractivity contribution in [2.45, 2.75) is 33.3 Å². The van der Waals surface area contributed by atoms with Crippen LogP contribution in [-0.2, 0) is 13.0 Å². The van der Waals surface area contributed by atoms with E-state index in [1.165, 1.54) is 12.1 Å². The van der Waals surface area contributed by atoms with Crippen molar-refractivity contribution in [2.75, 3.05) is 11.4 Å². The Bertz CT molecular complexity index is 601. The van der Waals surface area contributed by atoms with E-state index in [4.69, 9.17) is 0 Å². The van der Waals surface area contributed by atoms with Crippen LogP contribution in [0.2, 0.25) is 0 Å². The topological polar surface area (TPSA) is 36.4 Å². The fraction of sp³-hybridized carbons (Fsp3) is 0.353. The van der Waals surface area contributed by atoms with E-state index in [2.05, 4.69) is 11.9 Å². The summed E-state index contributed by atoms with van der Waals surface area (Å²) in [6.07, 6.45) is 1.86. The number of pyridine rings is 1. The number of hydrogen-bond donors (Lipinski definition) is 1. The van der Waals surface area contributed by atoms with Crippen molar-refractivity contribution in [1.29, 1.82) is 0 Å². The molecule has 4 heteroatoms. The van der Waals surface area contributed by atoms with Gasteiger partial charge in [0, 0.05) is 17.9 Å². The summed E-state index contributed by atoms with van der Waals surface area (Å²) < 4.78 is 13.4. The third-order valence-electron chi connectivity index (χ3n) is 3.33. The van der Waals surface area contributed by atoms with Crippen molar-refractivity contribution in [1.82, 2.24) is 4.98 Å². The molecule has 112 valence electrons. The highest BCUT2D eigenvalue weighted by molar-refractivity contribution is 5.60. The van der Waals surface area contributed by atoms with Gasteiger partial charge in [0.15, 0.2) is 0 Å².